The maximum atomic E-state index is 11.9. The molecule has 5 aliphatic heterocycles. The Morgan fingerprint density at radius 2 is 0.810 bits per heavy atom. The molecule has 678 valence electrons. The van der Waals surface area contributed by atoms with E-state index in [0.29, 0.717) is 38.6 Å². The molecule has 5 saturated heterocycles. The zero-order valence-corrected chi connectivity index (χ0v) is 71.2. The van der Waals surface area contributed by atoms with Crippen LogP contribution in [0, 0.1) is 17.8 Å². The minimum atomic E-state index is -0.826. The van der Waals surface area contributed by atoms with Crippen LogP contribution in [-0.2, 0) is 134 Å². The van der Waals surface area contributed by atoms with E-state index in [-0.39, 0.29) is 309 Å². The number of likely N-dealkylation sites (tertiary alicyclic amines) is 5. The summed E-state index contributed by atoms with van der Waals surface area (Å²) in [5.74, 6) is -6.72. The number of thiol groups is 3. The molecule has 0 bridgehead atoms. The van der Waals surface area contributed by atoms with Gasteiger partial charge in [0, 0.05) is 128 Å². The Morgan fingerprint density at radius 1 is 0.430 bits per heavy atom. The zero-order valence-electron chi connectivity index (χ0n) is 68.6. The predicted molar refractivity (Wildman–Crippen MR) is 439 cm³/mol. The number of ether oxygens (including phenoxy) is 6. The molecule has 42 nitrogen and oxygen atoms in total. The Balaban J connectivity index is 0.000000762. The third-order valence-electron chi connectivity index (χ3n) is 17.8. The lowest BCUT2D eigenvalue weighted by Gasteiger charge is -2.15. The first kappa shape index (κ1) is 110. The van der Waals surface area contributed by atoms with Crippen LogP contribution in [0.25, 0.3) is 0 Å². The molecule has 10 unspecified atom stereocenters. The van der Waals surface area contributed by atoms with Crippen LogP contribution in [0.4, 0.5) is 0 Å². The van der Waals surface area contributed by atoms with Crippen molar-refractivity contribution in [1.29, 1.82) is 0 Å². The molecule has 121 heavy (non-hydrogen) atoms. The molecular formula is C76H118N14O28S3. The second-order valence-corrected chi connectivity index (χ2v) is 29.7. The maximum Gasteiger partial charge on any atom is 0.305 e. The zero-order chi connectivity index (χ0) is 91.1. The largest absolute Gasteiger partial charge is 0.464 e. The fourth-order valence-electron chi connectivity index (χ4n) is 10.8. The van der Waals surface area contributed by atoms with Crippen molar-refractivity contribution in [3.8, 4) is 0 Å². The highest BCUT2D eigenvalue weighted by atomic mass is 32.1. The van der Waals surface area contributed by atoms with E-state index in [4.69, 9.17) is 51.4 Å². The SMILES string of the molecule is C=CCNC(=O)C(N)CCC(=O)COCCCC(=O)CN1C(=O)CC(S)C1=O.C=CCNC(=O)C(N)CCC(=O)OCCN1C(=O)CC(S)C1=O.CC(C=O)CCC(=O)OCCN1C(=O)CC(S)C1=O.CC1CC(=O)N(CCOCCNC(=O)C(N)CCC(=O)NCCOCC=O)C1=O.CC1CC(=O)N(CCOCCNC(=O)C(N)CCC=O)C1=O. The van der Waals surface area contributed by atoms with Gasteiger partial charge in [-0.3, -0.25) is 116 Å². The lowest BCUT2D eigenvalue weighted by atomic mass is 10.1. The average Bonchev–Trinajstić information content (AvgIpc) is 1.70. The third kappa shape index (κ3) is 45.3. The van der Waals surface area contributed by atoms with Crippen molar-refractivity contribution in [2.45, 2.75) is 170 Å². The molecule has 0 aromatic carbocycles. The van der Waals surface area contributed by atoms with E-state index in [1.165, 1.54) is 22.0 Å². The van der Waals surface area contributed by atoms with Gasteiger partial charge in [0.05, 0.1) is 106 Å². The van der Waals surface area contributed by atoms with Crippen molar-refractivity contribution in [1.82, 2.24) is 51.1 Å². The molecule has 0 aromatic heterocycles. The second kappa shape index (κ2) is 62.6. The fourth-order valence-corrected chi connectivity index (χ4v) is 11.6. The topological polar surface area (TPSA) is 611 Å². The third-order valence-corrected chi connectivity index (χ3v) is 19.0. The molecule has 5 rings (SSSR count). The van der Waals surface area contributed by atoms with E-state index >= 15 is 0 Å². The predicted octanol–water partition coefficient (Wildman–Crippen LogP) is -4.64. The van der Waals surface area contributed by atoms with E-state index in [2.05, 4.69) is 77.6 Å². The molecule has 0 saturated carbocycles. The number of nitrogens with two attached hydrogens (primary N) is 4. The van der Waals surface area contributed by atoms with Gasteiger partial charge >= 0.3 is 11.9 Å². The van der Waals surface area contributed by atoms with Crippen molar-refractivity contribution in [2.24, 2.45) is 40.7 Å². The number of aldehydes is 3. The summed E-state index contributed by atoms with van der Waals surface area (Å²) in [7, 11) is 0. The number of nitrogens with zero attached hydrogens (tertiary/aromatic N) is 5. The van der Waals surface area contributed by atoms with E-state index in [0.717, 1.165) is 27.3 Å². The van der Waals surface area contributed by atoms with Crippen LogP contribution >= 0.6 is 37.9 Å². The van der Waals surface area contributed by atoms with Gasteiger partial charge in [-0.2, -0.15) is 37.9 Å². The first-order valence-corrected chi connectivity index (χ1v) is 40.8. The van der Waals surface area contributed by atoms with Crippen LogP contribution in [-0.4, -0.2) is 327 Å². The molecule has 15 amide bonds. The number of carbonyl (C=O) groups excluding carboxylic acids is 22. The average molecular weight is 1770 g/mol. The van der Waals surface area contributed by atoms with Crippen LogP contribution < -0.4 is 49.5 Å². The van der Waals surface area contributed by atoms with E-state index < -0.39 is 69.6 Å². The van der Waals surface area contributed by atoms with Crippen LogP contribution in [0.15, 0.2) is 25.3 Å². The summed E-state index contributed by atoms with van der Waals surface area (Å²) in [4.78, 5) is 256. The molecule has 0 radical (unpaired) electrons. The summed E-state index contributed by atoms with van der Waals surface area (Å²) in [6.07, 6.45) is 8.22. The van der Waals surface area contributed by atoms with Crippen LogP contribution in [0.1, 0.15) is 130 Å². The minimum Gasteiger partial charge on any atom is -0.464 e. The first-order chi connectivity index (χ1) is 57.4. The molecule has 0 aromatic rings. The molecule has 5 heterocycles. The van der Waals surface area contributed by atoms with Crippen molar-refractivity contribution in [2.75, 3.05) is 132 Å². The lowest BCUT2D eigenvalue weighted by Crippen LogP contribution is -2.42. The number of Topliss-reactive ketones (excluding diaryl/α,β-unsaturated/α-hetero) is 2. The Morgan fingerprint density at radius 3 is 1.21 bits per heavy atom. The smallest absolute Gasteiger partial charge is 0.305 e. The van der Waals surface area contributed by atoms with Gasteiger partial charge in [0.2, 0.25) is 88.6 Å². The quantitative estimate of drug-likeness (QED) is 0.00680. The second-order valence-electron chi connectivity index (χ2n) is 27.8. The number of hydrogen-bond donors (Lipinski definition) is 12. The molecule has 0 spiro atoms. The highest BCUT2D eigenvalue weighted by molar-refractivity contribution is 7.82. The van der Waals surface area contributed by atoms with Crippen molar-refractivity contribution < 1.29 is 134 Å². The number of hydrogen-bond acceptors (Lipinski definition) is 35. The Hall–Kier alpha value is -9.45. The number of rotatable bonds is 55. The highest BCUT2D eigenvalue weighted by Crippen LogP contribution is 2.22. The summed E-state index contributed by atoms with van der Waals surface area (Å²) >= 11 is 12.0. The van der Waals surface area contributed by atoms with Crippen molar-refractivity contribution >= 4 is 169 Å². The van der Waals surface area contributed by atoms with Crippen molar-refractivity contribution in [3.05, 3.63) is 25.3 Å². The minimum absolute atomic E-state index is 0.00629. The number of nitrogens with one attached hydrogen (secondary N) is 5. The highest BCUT2D eigenvalue weighted by Gasteiger charge is 2.40. The van der Waals surface area contributed by atoms with E-state index in [1.54, 1.807) is 20.8 Å². The molecular weight excluding hydrogens is 1650 g/mol. The fraction of sp³-hybridized carbons (Fsp3) is 0.658. The number of amides is 15. The standard InChI is InChI=1S/C18H30N4O7.C18H27N3O6S.C14H21N3O5S.C14H23N3O5.C12H17NO5S/c1-13-12-16(25)22(18(13)27)6-10-28-9-5-21-17(26)14(19)2-3-15(24)20-4-8-29-11-7-23;1-2-7-20-17(25)14(19)6-5-13(23)11-27-8-3-4-12(22)10-21-16(24)9-15(28)18(21)26;1-2-5-16-13(20)9(15)3-4-12(19)22-7-6-17-11(18)8-10(23)14(17)21;1-10-9-12(19)17(14(10)21)5-8-22-7-4-16-13(20)11(15)3-2-6-18;1-8(7-14)2-3-11(16)18-5-4-13-10(15)6-9(19)12(13)17/h7,13-14H,2-6,8-12,19H2,1H3,(H,20,24)(H,21,26);2,14-15,28H,1,3-11,19H2,(H,20,25);2,9-10,23H,1,3-8,15H2,(H,16,20);6,10-11H,2-5,7-9,15H2,1H3,(H,16,20);7-9,19H,2-6H2,1H3. The molecule has 45 heteroatoms. The summed E-state index contributed by atoms with van der Waals surface area (Å²) in [6.45, 7) is 14.8. The Labute approximate surface area is 717 Å². The Bertz CT molecular complexity index is 3540. The van der Waals surface area contributed by atoms with Gasteiger partial charge in [-0.1, -0.05) is 32.9 Å². The first-order valence-electron chi connectivity index (χ1n) is 39.3. The molecule has 10 atom stereocenters. The van der Waals surface area contributed by atoms with Crippen LogP contribution in [0.2, 0.25) is 0 Å². The molecule has 0 aliphatic carbocycles. The maximum absolute atomic E-state index is 11.9. The van der Waals surface area contributed by atoms with Gasteiger partial charge in [0.15, 0.2) is 11.6 Å². The van der Waals surface area contributed by atoms with Gasteiger partial charge in [-0.25, -0.2) is 0 Å². The summed E-state index contributed by atoms with van der Waals surface area (Å²) in [5, 5.41) is 11.0. The van der Waals surface area contributed by atoms with Crippen LogP contribution in [0.5, 0.6) is 0 Å². The van der Waals surface area contributed by atoms with Gasteiger partial charge < -0.3 is 92.3 Å². The summed E-state index contributed by atoms with van der Waals surface area (Å²) < 4.78 is 30.6. The normalized spacial score (nSPS) is 18.5. The molecule has 13 N–H and O–H groups in total. The van der Waals surface area contributed by atoms with Gasteiger partial charge in [-0.15, -0.1) is 13.2 Å². The van der Waals surface area contributed by atoms with Gasteiger partial charge in [0.1, 0.15) is 45.3 Å². The van der Waals surface area contributed by atoms with E-state index in [1.807, 2.05) is 0 Å². The summed E-state index contributed by atoms with van der Waals surface area (Å²) in [5.41, 5.74) is 22.6. The number of carbonyl (C=O) groups is 22. The molecule has 5 fully saturated rings. The van der Waals surface area contributed by atoms with Crippen molar-refractivity contribution in [3.63, 3.8) is 0 Å². The van der Waals surface area contributed by atoms with E-state index in [9.17, 15) is 105 Å². The van der Waals surface area contributed by atoms with Gasteiger partial charge in [0.25, 0.3) is 0 Å². The van der Waals surface area contributed by atoms with Crippen LogP contribution in [0.3, 0.4) is 0 Å². The number of ketones is 2. The van der Waals surface area contributed by atoms with Gasteiger partial charge in [-0.05, 0) is 38.5 Å². The Kier molecular flexibility index (Phi) is 56.7. The number of esters is 2. The molecule has 5 aliphatic rings. The summed E-state index contributed by atoms with van der Waals surface area (Å²) in [6, 6.07) is -3.11. The monoisotopic (exact) mass is 1770 g/mol. The lowest BCUT2D eigenvalue weighted by molar-refractivity contribution is -0.148. The number of imide groups is 5.